The molecule has 0 radical (unpaired) electrons. The van der Waals surface area contributed by atoms with Gasteiger partial charge in [-0.3, -0.25) is 4.72 Å². The Labute approximate surface area is 188 Å². The van der Waals surface area contributed by atoms with Crippen LogP contribution in [-0.4, -0.2) is 39.9 Å². The third-order valence-electron chi connectivity index (χ3n) is 5.28. The molecule has 0 spiro atoms. The largest absolute Gasteiger partial charge is 0.486 e. The van der Waals surface area contributed by atoms with Gasteiger partial charge in [0.1, 0.15) is 13.2 Å². The molecular weight excluding hydrogens is 428 g/mol. The molecule has 0 atom stereocenters. The average molecular weight is 455 g/mol. The molecule has 3 N–H and O–H groups in total. The third-order valence-corrected chi connectivity index (χ3v) is 6.66. The second-order valence-electron chi connectivity index (χ2n) is 7.49. The minimum atomic E-state index is -3.75. The van der Waals surface area contributed by atoms with Gasteiger partial charge in [0.25, 0.3) is 10.0 Å². The number of aliphatic hydroxyl groups is 1. The van der Waals surface area contributed by atoms with E-state index in [0.717, 1.165) is 22.3 Å². The molecule has 0 fully saturated rings. The predicted octanol–water partition coefficient (Wildman–Crippen LogP) is 3.32. The van der Waals surface area contributed by atoms with Crippen molar-refractivity contribution in [2.45, 2.75) is 18.4 Å². The molecule has 1 aliphatic heterocycles. The number of benzene rings is 3. The fourth-order valence-corrected chi connectivity index (χ4v) is 4.69. The van der Waals surface area contributed by atoms with E-state index >= 15 is 0 Å². The standard InChI is InChI=1S/C24H26N2O5S/c1-17-21(19-7-10-23-24(15-19)31-14-13-30-23)3-2-4-22(17)26-32(28,29)20-8-5-18(6-9-20)16-25-11-12-27/h2-10,15,25-27H,11-14,16H2,1H3. The van der Waals surface area contributed by atoms with Crippen LogP contribution in [0.3, 0.4) is 0 Å². The van der Waals surface area contributed by atoms with Crippen LogP contribution < -0.4 is 19.5 Å². The molecule has 32 heavy (non-hydrogen) atoms. The highest BCUT2D eigenvalue weighted by Gasteiger charge is 2.18. The van der Waals surface area contributed by atoms with E-state index in [9.17, 15) is 8.42 Å². The fourth-order valence-electron chi connectivity index (χ4n) is 3.57. The first-order valence-corrected chi connectivity index (χ1v) is 11.9. The summed E-state index contributed by atoms with van der Waals surface area (Å²) in [6.45, 7) is 4.03. The van der Waals surface area contributed by atoms with Gasteiger partial charge in [0.2, 0.25) is 0 Å². The Morgan fingerprint density at radius 1 is 0.969 bits per heavy atom. The maximum Gasteiger partial charge on any atom is 0.261 e. The van der Waals surface area contributed by atoms with Crippen LogP contribution in [0, 0.1) is 6.92 Å². The second kappa shape index (κ2) is 9.60. The first-order valence-electron chi connectivity index (χ1n) is 10.4. The normalized spacial score (nSPS) is 13.1. The smallest absolute Gasteiger partial charge is 0.261 e. The summed E-state index contributed by atoms with van der Waals surface area (Å²) < 4.78 is 39.9. The highest BCUT2D eigenvalue weighted by atomic mass is 32.2. The number of sulfonamides is 1. The molecule has 0 amide bonds. The lowest BCUT2D eigenvalue weighted by molar-refractivity contribution is 0.171. The maximum atomic E-state index is 13.0. The molecule has 168 valence electrons. The molecule has 8 heteroatoms. The molecule has 4 rings (SSSR count). The summed E-state index contributed by atoms with van der Waals surface area (Å²) in [6.07, 6.45) is 0. The molecule has 0 aliphatic carbocycles. The number of ether oxygens (including phenoxy) is 2. The van der Waals surface area contributed by atoms with Crippen molar-refractivity contribution in [3.05, 3.63) is 71.8 Å². The number of rotatable bonds is 8. The number of hydrogen-bond acceptors (Lipinski definition) is 6. The summed E-state index contributed by atoms with van der Waals surface area (Å²) >= 11 is 0. The molecule has 7 nitrogen and oxygen atoms in total. The predicted molar refractivity (Wildman–Crippen MR) is 124 cm³/mol. The van der Waals surface area contributed by atoms with Crippen molar-refractivity contribution in [3.63, 3.8) is 0 Å². The first-order chi connectivity index (χ1) is 15.5. The van der Waals surface area contributed by atoms with Crippen molar-refractivity contribution >= 4 is 15.7 Å². The highest BCUT2D eigenvalue weighted by molar-refractivity contribution is 7.92. The summed E-state index contributed by atoms with van der Waals surface area (Å²) in [5, 5.41) is 11.9. The number of anilines is 1. The minimum absolute atomic E-state index is 0.0566. The van der Waals surface area contributed by atoms with Crippen LogP contribution in [-0.2, 0) is 16.6 Å². The molecular formula is C24H26N2O5S. The lowest BCUT2D eigenvalue weighted by atomic mass is 9.99. The molecule has 0 bridgehead atoms. The van der Waals surface area contributed by atoms with Crippen LogP contribution in [0.2, 0.25) is 0 Å². The molecule has 0 saturated heterocycles. The first kappa shape index (κ1) is 22.1. The number of fused-ring (bicyclic) bond motifs is 1. The van der Waals surface area contributed by atoms with E-state index in [1.54, 1.807) is 30.3 Å². The summed E-state index contributed by atoms with van der Waals surface area (Å²) in [7, 11) is -3.75. The van der Waals surface area contributed by atoms with Gasteiger partial charge in [-0.15, -0.1) is 0 Å². The van der Waals surface area contributed by atoms with Gasteiger partial charge in [0.15, 0.2) is 11.5 Å². The summed E-state index contributed by atoms with van der Waals surface area (Å²) in [4.78, 5) is 0.188. The molecule has 3 aromatic carbocycles. The van der Waals surface area contributed by atoms with E-state index in [1.165, 1.54) is 0 Å². The third kappa shape index (κ3) is 4.88. The van der Waals surface area contributed by atoms with Crippen molar-refractivity contribution in [2.24, 2.45) is 0 Å². The lowest BCUT2D eigenvalue weighted by Gasteiger charge is -2.20. The van der Waals surface area contributed by atoms with Crippen LogP contribution >= 0.6 is 0 Å². The lowest BCUT2D eigenvalue weighted by Crippen LogP contribution is -2.18. The topological polar surface area (TPSA) is 96.9 Å². The van der Waals surface area contributed by atoms with E-state index in [-0.39, 0.29) is 11.5 Å². The summed E-state index contributed by atoms with van der Waals surface area (Å²) in [6, 6.07) is 17.9. The monoisotopic (exact) mass is 454 g/mol. The zero-order valence-electron chi connectivity index (χ0n) is 17.8. The Morgan fingerprint density at radius 2 is 1.72 bits per heavy atom. The van der Waals surface area contributed by atoms with Crippen molar-refractivity contribution in [2.75, 3.05) is 31.1 Å². The zero-order valence-corrected chi connectivity index (χ0v) is 18.6. The number of aliphatic hydroxyl groups excluding tert-OH is 1. The van der Waals surface area contributed by atoms with Gasteiger partial charge >= 0.3 is 0 Å². The van der Waals surface area contributed by atoms with Gasteiger partial charge < -0.3 is 19.9 Å². The van der Waals surface area contributed by atoms with Crippen molar-refractivity contribution in [1.29, 1.82) is 0 Å². The van der Waals surface area contributed by atoms with Crippen LogP contribution in [0.4, 0.5) is 5.69 Å². The SMILES string of the molecule is Cc1c(NS(=O)(=O)c2ccc(CNCCO)cc2)cccc1-c1ccc2c(c1)OCCO2. The Morgan fingerprint density at radius 3 is 2.47 bits per heavy atom. The Kier molecular flexibility index (Phi) is 6.64. The Balaban J connectivity index is 1.56. The van der Waals surface area contributed by atoms with E-state index in [4.69, 9.17) is 14.6 Å². The van der Waals surface area contributed by atoms with Gasteiger partial charge in [-0.25, -0.2) is 8.42 Å². The van der Waals surface area contributed by atoms with Gasteiger partial charge in [0, 0.05) is 13.1 Å². The van der Waals surface area contributed by atoms with Crippen molar-refractivity contribution in [3.8, 4) is 22.6 Å². The van der Waals surface area contributed by atoms with E-state index < -0.39 is 10.0 Å². The molecule has 0 saturated carbocycles. The quantitative estimate of drug-likeness (QED) is 0.452. The molecule has 0 aromatic heterocycles. The van der Waals surface area contributed by atoms with Gasteiger partial charge in [-0.05, 0) is 59.5 Å². The van der Waals surface area contributed by atoms with Gasteiger partial charge in [-0.2, -0.15) is 0 Å². The van der Waals surface area contributed by atoms with E-state index in [2.05, 4.69) is 10.0 Å². The van der Waals surface area contributed by atoms with Crippen molar-refractivity contribution < 1.29 is 23.0 Å². The number of nitrogens with one attached hydrogen (secondary N) is 2. The summed E-state index contributed by atoms with van der Waals surface area (Å²) in [5.74, 6) is 1.40. The Hall–Kier alpha value is -3.07. The molecule has 0 unspecified atom stereocenters. The summed E-state index contributed by atoms with van der Waals surface area (Å²) in [5.41, 5.74) is 4.11. The zero-order chi connectivity index (χ0) is 22.6. The molecule has 1 aliphatic rings. The number of hydrogen-bond donors (Lipinski definition) is 3. The second-order valence-corrected chi connectivity index (χ2v) is 9.17. The van der Waals surface area contributed by atoms with Crippen LogP contribution in [0.5, 0.6) is 11.5 Å². The Bertz CT molecular complexity index is 1190. The van der Waals surface area contributed by atoms with E-state index in [1.807, 2.05) is 37.3 Å². The maximum absolute atomic E-state index is 13.0. The van der Waals surface area contributed by atoms with E-state index in [0.29, 0.717) is 43.5 Å². The van der Waals surface area contributed by atoms with Crippen LogP contribution in [0.25, 0.3) is 11.1 Å². The molecule has 1 heterocycles. The van der Waals surface area contributed by atoms with Crippen LogP contribution in [0.1, 0.15) is 11.1 Å². The highest BCUT2D eigenvalue weighted by Crippen LogP contribution is 2.37. The minimum Gasteiger partial charge on any atom is -0.486 e. The van der Waals surface area contributed by atoms with Crippen molar-refractivity contribution in [1.82, 2.24) is 5.32 Å². The van der Waals surface area contributed by atoms with Crippen LogP contribution in [0.15, 0.2) is 65.6 Å². The molecule has 3 aromatic rings. The fraction of sp³-hybridized carbons (Fsp3) is 0.250. The van der Waals surface area contributed by atoms with Gasteiger partial charge in [0.05, 0.1) is 17.2 Å². The average Bonchev–Trinajstić information content (AvgIpc) is 2.80. The van der Waals surface area contributed by atoms with Gasteiger partial charge in [-0.1, -0.05) is 30.3 Å².